The van der Waals surface area contributed by atoms with Gasteiger partial charge >= 0.3 is 11.6 Å². The number of ether oxygens (including phenoxy) is 2. The van der Waals surface area contributed by atoms with E-state index in [0.717, 1.165) is 53.3 Å². The number of para-hydroxylation sites is 1. The Morgan fingerprint density at radius 1 is 1.11 bits per heavy atom. The van der Waals surface area contributed by atoms with Gasteiger partial charge in [-0.3, -0.25) is 0 Å². The molecule has 0 unspecified atom stereocenters. The first-order valence-electron chi connectivity index (χ1n) is 12.7. The van der Waals surface area contributed by atoms with Crippen LogP contribution in [0.2, 0.25) is 0 Å². The fourth-order valence-corrected chi connectivity index (χ4v) is 5.21. The molecule has 0 amide bonds. The molecule has 0 aliphatic heterocycles. The van der Waals surface area contributed by atoms with Crippen LogP contribution in [0, 0.1) is 6.92 Å². The highest BCUT2D eigenvalue weighted by molar-refractivity contribution is 7.19. The van der Waals surface area contributed by atoms with Gasteiger partial charge in [-0.2, -0.15) is 4.98 Å². The van der Waals surface area contributed by atoms with Gasteiger partial charge in [0.25, 0.3) is 0 Å². The molecule has 0 radical (unpaired) electrons. The second-order valence-corrected chi connectivity index (χ2v) is 9.95. The third kappa shape index (κ3) is 6.66. The smallest absolute Gasteiger partial charge is 0.349 e. The number of allylic oxidation sites excluding steroid dienone is 4. The molecule has 3 aromatic rings. The van der Waals surface area contributed by atoms with Crippen molar-refractivity contribution in [1.82, 2.24) is 4.98 Å². The normalized spacial score (nSPS) is 13.3. The number of rotatable bonds is 13. The monoisotopic (exact) mass is 506 g/mol. The van der Waals surface area contributed by atoms with Crippen molar-refractivity contribution in [3.8, 4) is 5.75 Å². The summed E-state index contributed by atoms with van der Waals surface area (Å²) in [5, 5.41) is 3.64. The molecule has 1 aliphatic rings. The standard InChI is InChI=1S/C29H34N2O4S/c1-4-5-6-7-8-12-19-33-21(3)26-20(2)25-27(36-26)31-29(35-28(25)32)30-22-15-17-24(18-16-22)34-23-13-10-9-11-14-23/h9-11,13-15,17H,3-8,12,16,18-19H2,1-2H3,(H,30,31). The van der Waals surface area contributed by atoms with Gasteiger partial charge in [-0.05, 0) is 49.6 Å². The number of hydrogen-bond donors (Lipinski definition) is 1. The average Bonchev–Trinajstić information content (AvgIpc) is 3.22. The quantitative estimate of drug-likeness (QED) is 0.187. The molecular formula is C29H34N2O4S. The lowest BCUT2D eigenvalue weighted by atomic mass is 10.1. The van der Waals surface area contributed by atoms with E-state index in [1.165, 1.54) is 37.0 Å². The number of aromatic nitrogens is 1. The van der Waals surface area contributed by atoms with Crippen LogP contribution >= 0.6 is 11.3 Å². The average molecular weight is 507 g/mol. The van der Waals surface area contributed by atoms with Crippen LogP contribution in [0.5, 0.6) is 5.75 Å². The molecule has 2 aromatic heterocycles. The highest BCUT2D eigenvalue weighted by Crippen LogP contribution is 2.33. The van der Waals surface area contributed by atoms with E-state index in [4.69, 9.17) is 13.9 Å². The van der Waals surface area contributed by atoms with Crippen LogP contribution in [0.15, 0.2) is 69.7 Å². The number of unbranched alkanes of at least 4 members (excludes halogenated alkanes) is 5. The lowest BCUT2D eigenvalue weighted by molar-refractivity contribution is 0.268. The number of anilines is 1. The number of hydrogen-bond acceptors (Lipinski definition) is 7. The summed E-state index contributed by atoms with van der Waals surface area (Å²) in [5.74, 6) is 2.28. The zero-order chi connectivity index (χ0) is 25.3. The topological polar surface area (TPSA) is 73.6 Å². The number of thiophene rings is 1. The summed E-state index contributed by atoms with van der Waals surface area (Å²) in [5.41, 5.74) is 1.30. The molecule has 190 valence electrons. The molecule has 6 nitrogen and oxygen atoms in total. The molecule has 0 spiro atoms. The van der Waals surface area contributed by atoms with E-state index >= 15 is 0 Å². The second-order valence-electron chi connectivity index (χ2n) is 8.95. The Labute approximate surface area is 216 Å². The van der Waals surface area contributed by atoms with Gasteiger partial charge in [0, 0.05) is 12.1 Å². The summed E-state index contributed by atoms with van der Waals surface area (Å²) in [6, 6.07) is 9.89. The largest absolute Gasteiger partial charge is 0.493 e. The first kappa shape index (κ1) is 25.8. The fraction of sp³-hybridized carbons (Fsp3) is 0.379. The van der Waals surface area contributed by atoms with Crippen LogP contribution in [0.25, 0.3) is 16.0 Å². The van der Waals surface area contributed by atoms with Crippen LogP contribution in [0.1, 0.15) is 68.7 Å². The maximum atomic E-state index is 12.8. The van der Waals surface area contributed by atoms with Crippen molar-refractivity contribution in [1.29, 1.82) is 0 Å². The van der Waals surface area contributed by atoms with Crippen molar-refractivity contribution >= 4 is 33.3 Å². The maximum absolute atomic E-state index is 12.8. The van der Waals surface area contributed by atoms with Crippen LogP contribution in [-0.2, 0) is 4.74 Å². The Bertz CT molecular complexity index is 1300. The minimum Gasteiger partial charge on any atom is -0.493 e. The maximum Gasteiger partial charge on any atom is 0.349 e. The van der Waals surface area contributed by atoms with Crippen LogP contribution in [0.3, 0.4) is 0 Å². The minimum atomic E-state index is -0.411. The van der Waals surface area contributed by atoms with Gasteiger partial charge in [-0.1, -0.05) is 63.8 Å². The van der Waals surface area contributed by atoms with Gasteiger partial charge < -0.3 is 19.2 Å². The molecule has 0 fully saturated rings. The third-order valence-electron chi connectivity index (χ3n) is 6.12. The first-order valence-corrected chi connectivity index (χ1v) is 13.5. The molecule has 0 saturated carbocycles. The first-order chi connectivity index (χ1) is 17.5. The van der Waals surface area contributed by atoms with Crippen molar-refractivity contribution in [3.63, 3.8) is 0 Å². The highest BCUT2D eigenvalue weighted by atomic mass is 32.1. The van der Waals surface area contributed by atoms with E-state index in [0.29, 0.717) is 22.6 Å². The summed E-state index contributed by atoms with van der Waals surface area (Å²) in [6.07, 6.45) is 12.5. The molecule has 1 N–H and O–H groups in total. The van der Waals surface area contributed by atoms with Crippen molar-refractivity contribution < 1.29 is 13.9 Å². The summed E-state index contributed by atoms with van der Waals surface area (Å²) < 4.78 is 17.3. The lowest BCUT2D eigenvalue weighted by Crippen LogP contribution is -2.10. The van der Waals surface area contributed by atoms with Crippen molar-refractivity contribution in [2.24, 2.45) is 0 Å². The zero-order valence-corrected chi connectivity index (χ0v) is 21.9. The van der Waals surface area contributed by atoms with Crippen molar-refractivity contribution in [3.05, 3.63) is 81.4 Å². The summed E-state index contributed by atoms with van der Waals surface area (Å²) in [6.45, 7) is 8.84. The van der Waals surface area contributed by atoms with Crippen LogP contribution < -0.4 is 15.7 Å². The molecule has 0 saturated heterocycles. The lowest BCUT2D eigenvalue weighted by Gasteiger charge is -2.16. The van der Waals surface area contributed by atoms with E-state index in [-0.39, 0.29) is 6.01 Å². The highest BCUT2D eigenvalue weighted by Gasteiger charge is 2.19. The van der Waals surface area contributed by atoms with E-state index in [1.807, 2.05) is 49.4 Å². The molecule has 1 aliphatic carbocycles. The molecule has 1 aromatic carbocycles. The van der Waals surface area contributed by atoms with E-state index in [2.05, 4.69) is 23.8 Å². The van der Waals surface area contributed by atoms with Gasteiger partial charge in [0.05, 0.1) is 11.5 Å². The number of nitrogens with one attached hydrogen (secondary N) is 1. The SMILES string of the molecule is C=C(OCCCCCCCC)c1sc2nc(NC3=CC=C(Oc4ccccc4)CC3)oc(=O)c2c1C. The Morgan fingerprint density at radius 2 is 1.89 bits per heavy atom. The van der Waals surface area contributed by atoms with Crippen LogP contribution in [0.4, 0.5) is 6.01 Å². The van der Waals surface area contributed by atoms with Crippen molar-refractivity contribution in [2.45, 2.75) is 65.2 Å². The number of nitrogens with zero attached hydrogens (tertiary/aromatic N) is 1. The number of fused-ring (bicyclic) bond motifs is 1. The molecule has 36 heavy (non-hydrogen) atoms. The Morgan fingerprint density at radius 3 is 2.64 bits per heavy atom. The summed E-state index contributed by atoms with van der Waals surface area (Å²) in [4.78, 5) is 18.8. The third-order valence-corrected chi connectivity index (χ3v) is 7.35. The molecule has 7 heteroatoms. The van der Waals surface area contributed by atoms with Gasteiger partial charge in [-0.25, -0.2) is 4.79 Å². The van der Waals surface area contributed by atoms with Gasteiger partial charge in [0.15, 0.2) is 0 Å². The molecule has 0 atom stereocenters. The Kier molecular flexibility index (Phi) is 9.01. The van der Waals surface area contributed by atoms with E-state index < -0.39 is 5.63 Å². The van der Waals surface area contributed by atoms with E-state index in [1.54, 1.807) is 0 Å². The van der Waals surface area contributed by atoms with Gasteiger partial charge in [0.2, 0.25) is 0 Å². The summed E-state index contributed by atoms with van der Waals surface area (Å²) >= 11 is 1.41. The van der Waals surface area contributed by atoms with Gasteiger partial charge in [0.1, 0.15) is 27.5 Å². The molecule has 2 heterocycles. The van der Waals surface area contributed by atoms with Crippen LogP contribution in [-0.4, -0.2) is 11.6 Å². The molecular weight excluding hydrogens is 472 g/mol. The molecule has 0 bridgehead atoms. The van der Waals surface area contributed by atoms with Gasteiger partial charge in [-0.15, -0.1) is 11.3 Å². The predicted octanol–water partition coefficient (Wildman–Crippen LogP) is 7.96. The number of benzene rings is 1. The fourth-order valence-electron chi connectivity index (χ4n) is 4.12. The predicted molar refractivity (Wildman–Crippen MR) is 147 cm³/mol. The number of aryl methyl sites for hydroxylation is 1. The summed E-state index contributed by atoms with van der Waals surface area (Å²) in [7, 11) is 0. The second kappa shape index (κ2) is 12.6. The minimum absolute atomic E-state index is 0.186. The Hall–Kier alpha value is -3.32. The molecule has 4 rings (SSSR count). The van der Waals surface area contributed by atoms with Crippen molar-refractivity contribution in [2.75, 3.05) is 11.9 Å². The Balaban J connectivity index is 1.39. The van der Waals surface area contributed by atoms with E-state index in [9.17, 15) is 4.79 Å². The zero-order valence-electron chi connectivity index (χ0n) is 21.1.